The van der Waals surface area contributed by atoms with Gasteiger partial charge < -0.3 is 29.5 Å². The van der Waals surface area contributed by atoms with E-state index in [1.54, 1.807) is 24.3 Å². The largest absolute Gasteiger partial charge is 0.508 e. The summed E-state index contributed by atoms with van der Waals surface area (Å²) < 4.78 is 17.7. The number of ether oxygens (including phenoxy) is 3. The predicted molar refractivity (Wildman–Crippen MR) is 96.8 cm³/mol. The molecule has 5 rings (SSSR count). The van der Waals surface area contributed by atoms with E-state index in [9.17, 15) is 15.3 Å². The van der Waals surface area contributed by atoms with Crippen LogP contribution in [0.1, 0.15) is 17.2 Å². The van der Waals surface area contributed by atoms with Crippen LogP contribution < -0.4 is 9.47 Å². The van der Waals surface area contributed by atoms with Gasteiger partial charge in [0.15, 0.2) is 6.10 Å². The highest BCUT2D eigenvalue weighted by atomic mass is 16.7. The lowest BCUT2D eigenvalue weighted by Gasteiger charge is -2.48. The van der Waals surface area contributed by atoms with Crippen LogP contribution in [-0.2, 0) is 10.5 Å². The average Bonchev–Trinajstić information content (AvgIpc) is 2.68. The lowest BCUT2D eigenvalue weighted by molar-refractivity contribution is -0.250. The molecule has 0 amide bonds. The zero-order chi connectivity index (χ0) is 18.8. The first-order chi connectivity index (χ1) is 13.1. The Bertz CT molecular complexity index is 1010. The smallest absolute Gasteiger partial charge is 0.307 e. The Balaban J connectivity index is 1.79. The lowest BCUT2D eigenvalue weighted by Crippen LogP contribution is -2.60. The minimum Gasteiger partial charge on any atom is -0.508 e. The van der Waals surface area contributed by atoms with Crippen molar-refractivity contribution >= 4 is 10.8 Å². The minimum atomic E-state index is -1.70. The molecule has 138 valence electrons. The molecule has 0 aromatic heterocycles. The molecule has 6 nitrogen and oxygen atoms in total. The quantitative estimate of drug-likeness (QED) is 0.614. The number of benzene rings is 3. The van der Waals surface area contributed by atoms with Crippen molar-refractivity contribution in [2.75, 3.05) is 7.11 Å². The second-order valence-corrected chi connectivity index (χ2v) is 6.81. The molecule has 3 atom stereocenters. The molecule has 27 heavy (non-hydrogen) atoms. The summed E-state index contributed by atoms with van der Waals surface area (Å²) in [6.07, 6.45) is -3.72. The third kappa shape index (κ3) is 2.06. The van der Waals surface area contributed by atoms with Gasteiger partial charge in [-0.1, -0.05) is 36.4 Å². The molecule has 2 aliphatic rings. The van der Waals surface area contributed by atoms with Gasteiger partial charge in [0, 0.05) is 18.2 Å². The maximum atomic E-state index is 11.0. The molecular formula is C21H18O6. The fraction of sp³-hybridized carbons (Fsp3) is 0.238. The molecule has 0 radical (unpaired) electrons. The zero-order valence-electron chi connectivity index (χ0n) is 14.5. The van der Waals surface area contributed by atoms with Gasteiger partial charge in [0.05, 0.1) is 5.39 Å². The van der Waals surface area contributed by atoms with E-state index >= 15 is 0 Å². The summed E-state index contributed by atoms with van der Waals surface area (Å²) >= 11 is 0. The van der Waals surface area contributed by atoms with E-state index in [-0.39, 0.29) is 5.75 Å². The number of aromatic hydroxyl groups is 1. The van der Waals surface area contributed by atoms with Crippen LogP contribution in [0.25, 0.3) is 10.8 Å². The molecule has 0 saturated carbocycles. The van der Waals surface area contributed by atoms with E-state index < -0.39 is 24.1 Å². The van der Waals surface area contributed by atoms with Crippen molar-refractivity contribution in [1.29, 1.82) is 0 Å². The summed E-state index contributed by atoms with van der Waals surface area (Å²) in [4.78, 5) is 0. The van der Waals surface area contributed by atoms with Gasteiger partial charge in [-0.25, -0.2) is 0 Å². The van der Waals surface area contributed by atoms with Crippen molar-refractivity contribution in [1.82, 2.24) is 0 Å². The molecule has 6 heteroatoms. The second-order valence-electron chi connectivity index (χ2n) is 6.81. The first-order valence-corrected chi connectivity index (χ1v) is 8.68. The van der Waals surface area contributed by atoms with E-state index in [0.29, 0.717) is 22.6 Å². The first kappa shape index (κ1) is 16.4. The van der Waals surface area contributed by atoms with Gasteiger partial charge in [0.2, 0.25) is 0 Å². The SMILES string of the molecule is CO[C@H]1c2c(O)cccc2C2(Oc3cccc4cccc(c34)O2)[C@H](O)[C@H]1O. The summed E-state index contributed by atoms with van der Waals surface area (Å²) in [6.45, 7) is 0. The normalized spacial score (nSPS) is 24.9. The van der Waals surface area contributed by atoms with E-state index in [1.165, 1.54) is 13.2 Å². The summed E-state index contributed by atoms with van der Waals surface area (Å²) in [7, 11) is 1.41. The highest BCUT2D eigenvalue weighted by molar-refractivity contribution is 5.94. The van der Waals surface area contributed by atoms with Gasteiger partial charge in [-0.15, -0.1) is 0 Å². The van der Waals surface area contributed by atoms with Gasteiger partial charge in [0.25, 0.3) is 0 Å². The molecular weight excluding hydrogens is 348 g/mol. The van der Waals surface area contributed by atoms with Gasteiger partial charge in [-0.05, 0) is 23.6 Å². The molecule has 3 aromatic rings. The third-order valence-electron chi connectivity index (χ3n) is 5.37. The first-order valence-electron chi connectivity index (χ1n) is 8.68. The Kier molecular flexibility index (Phi) is 3.40. The van der Waals surface area contributed by atoms with Crippen LogP contribution in [0.3, 0.4) is 0 Å². The Labute approximate surface area is 155 Å². The number of aliphatic hydroxyl groups is 2. The number of phenols is 1. The standard InChI is InChI=1S/C21H18O6/c1-25-19-17-12(7-4-8-13(17)22)21(20(24)18(19)23)26-14-9-2-5-11-6-3-10-15(27-21)16(11)14/h2-10,18-20,22-24H,1H3/t18-,19-,20+/m0/s1. The summed E-state index contributed by atoms with van der Waals surface area (Å²) in [5.41, 5.74) is 0.753. The summed E-state index contributed by atoms with van der Waals surface area (Å²) in [5.74, 6) is -0.698. The Hall–Kier alpha value is -2.80. The highest BCUT2D eigenvalue weighted by Gasteiger charge is 2.58. The Morgan fingerprint density at radius 3 is 2.19 bits per heavy atom. The zero-order valence-corrected chi connectivity index (χ0v) is 14.5. The molecule has 3 aromatic carbocycles. The van der Waals surface area contributed by atoms with Crippen molar-refractivity contribution < 1.29 is 29.5 Å². The van der Waals surface area contributed by atoms with Crippen molar-refractivity contribution in [2.24, 2.45) is 0 Å². The summed E-state index contributed by atoms with van der Waals surface area (Å²) in [5, 5.41) is 33.9. The summed E-state index contributed by atoms with van der Waals surface area (Å²) in [6, 6.07) is 16.0. The van der Waals surface area contributed by atoms with Crippen LogP contribution in [-0.4, -0.2) is 34.6 Å². The fourth-order valence-corrected chi connectivity index (χ4v) is 4.16. The Morgan fingerprint density at radius 2 is 1.56 bits per heavy atom. The van der Waals surface area contributed by atoms with Crippen LogP contribution in [0.4, 0.5) is 0 Å². The van der Waals surface area contributed by atoms with E-state index in [0.717, 1.165) is 10.8 Å². The van der Waals surface area contributed by atoms with Gasteiger partial charge in [-0.2, -0.15) is 0 Å². The average molecular weight is 366 g/mol. The predicted octanol–water partition coefficient (Wildman–Crippen LogP) is 2.59. The molecule has 0 fully saturated rings. The molecule has 0 saturated heterocycles. The van der Waals surface area contributed by atoms with Crippen molar-refractivity contribution in [2.45, 2.75) is 24.1 Å². The van der Waals surface area contributed by atoms with Crippen LogP contribution >= 0.6 is 0 Å². The lowest BCUT2D eigenvalue weighted by atomic mass is 9.79. The molecule has 0 unspecified atom stereocenters. The molecule has 0 bridgehead atoms. The molecule has 1 aliphatic heterocycles. The van der Waals surface area contributed by atoms with E-state index in [1.807, 2.05) is 24.3 Å². The molecule has 1 spiro atoms. The maximum absolute atomic E-state index is 11.0. The van der Waals surface area contributed by atoms with Crippen LogP contribution in [0, 0.1) is 0 Å². The number of hydrogen-bond acceptors (Lipinski definition) is 6. The van der Waals surface area contributed by atoms with E-state index in [2.05, 4.69) is 0 Å². The molecule has 1 heterocycles. The number of aliphatic hydroxyl groups excluding tert-OH is 2. The maximum Gasteiger partial charge on any atom is 0.307 e. The van der Waals surface area contributed by atoms with Gasteiger partial charge in [0.1, 0.15) is 29.5 Å². The fourth-order valence-electron chi connectivity index (χ4n) is 4.16. The molecule has 3 N–H and O–H groups in total. The van der Waals surface area contributed by atoms with Crippen LogP contribution in [0.15, 0.2) is 54.6 Å². The number of rotatable bonds is 1. The van der Waals surface area contributed by atoms with Crippen LogP contribution in [0.5, 0.6) is 17.2 Å². The monoisotopic (exact) mass is 366 g/mol. The Morgan fingerprint density at radius 1 is 0.926 bits per heavy atom. The van der Waals surface area contributed by atoms with E-state index in [4.69, 9.17) is 14.2 Å². The minimum absolute atomic E-state index is 0.0612. The van der Waals surface area contributed by atoms with Crippen molar-refractivity contribution in [3.63, 3.8) is 0 Å². The number of fused-ring (bicyclic) bond motifs is 2. The number of phenolic OH excluding ortho intramolecular Hbond substituents is 1. The van der Waals surface area contributed by atoms with Gasteiger partial charge >= 0.3 is 5.79 Å². The topological polar surface area (TPSA) is 88.4 Å². The number of hydrogen-bond donors (Lipinski definition) is 3. The highest BCUT2D eigenvalue weighted by Crippen LogP contribution is 2.52. The molecule has 1 aliphatic carbocycles. The second kappa shape index (κ2) is 5.60. The number of methoxy groups -OCH3 is 1. The van der Waals surface area contributed by atoms with Crippen LogP contribution in [0.2, 0.25) is 0 Å². The van der Waals surface area contributed by atoms with Gasteiger partial charge in [-0.3, -0.25) is 0 Å². The third-order valence-corrected chi connectivity index (χ3v) is 5.37. The van der Waals surface area contributed by atoms with Crippen molar-refractivity contribution in [3.05, 3.63) is 65.7 Å². The van der Waals surface area contributed by atoms with Crippen molar-refractivity contribution in [3.8, 4) is 17.2 Å².